The van der Waals surface area contributed by atoms with Crippen molar-refractivity contribution in [1.29, 1.82) is 0 Å². The smallest absolute Gasteiger partial charge is 0.306 e. The number of allylic oxidation sites excluding steroid dienone is 12. The second kappa shape index (κ2) is 63.4. The zero-order chi connectivity index (χ0) is 54.3. The summed E-state index contributed by atoms with van der Waals surface area (Å²) in [6.07, 6.45) is 82.0. The van der Waals surface area contributed by atoms with Crippen LogP contribution in [0.15, 0.2) is 72.9 Å². The van der Waals surface area contributed by atoms with Gasteiger partial charge in [0.1, 0.15) is 13.2 Å². The molecule has 0 aliphatic rings. The van der Waals surface area contributed by atoms with Gasteiger partial charge in [0.05, 0.1) is 0 Å². The van der Waals surface area contributed by atoms with Gasteiger partial charge >= 0.3 is 17.9 Å². The van der Waals surface area contributed by atoms with Gasteiger partial charge in [-0.25, -0.2) is 0 Å². The number of rotatable bonds is 59. The number of ether oxygens (including phenoxy) is 3. The summed E-state index contributed by atoms with van der Waals surface area (Å²) in [5, 5.41) is 0. The van der Waals surface area contributed by atoms with E-state index in [1.54, 1.807) is 0 Å². The fraction of sp³-hybridized carbons (Fsp3) is 0.783. The van der Waals surface area contributed by atoms with Gasteiger partial charge in [-0.15, -0.1) is 0 Å². The van der Waals surface area contributed by atoms with E-state index in [0.717, 1.165) is 77.0 Å². The lowest BCUT2D eigenvalue weighted by atomic mass is 10.0. The second-order valence-corrected chi connectivity index (χ2v) is 21.6. The highest BCUT2D eigenvalue weighted by Gasteiger charge is 2.19. The summed E-state index contributed by atoms with van der Waals surface area (Å²) >= 11 is 0. The fourth-order valence-corrected chi connectivity index (χ4v) is 9.31. The van der Waals surface area contributed by atoms with Gasteiger partial charge < -0.3 is 14.2 Å². The highest BCUT2D eigenvalue weighted by atomic mass is 16.6. The molecular formula is C69H122O6. The van der Waals surface area contributed by atoms with E-state index in [1.165, 1.54) is 205 Å². The van der Waals surface area contributed by atoms with Crippen LogP contribution in [0.25, 0.3) is 0 Å². The van der Waals surface area contributed by atoms with E-state index >= 15 is 0 Å². The van der Waals surface area contributed by atoms with Crippen molar-refractivity contribution in [2.24, 2.45) is 0 Å². The van der Waals surface area contributed by atoms with E-state index in [0.29, 0.717) is 19.3 Å². The van der Waals surface area contributed by atoms with Crippen LogP contribution < -0.4 is 0 Å². The maximum absolute atomic E-state index is 12.9. The fourth-order valence-electron chi connectivity index (χ4n) is 9.31. The molecule has 0 saturated heterocycles. The summed E-state index contributed by atoms with van der Waals surface area (Å²) in [6.45, 7) is 6.52. The van der Waals surface area contributed by atoms with Gasteiger partial charge in [-0.3, -0.25) is 14.4 Å². The molecule has 0 aromatic carbocycles. The molecule has 0 atom stereocenters. The molecule has 0 aromatic rings. The summed E-state index contributed by atoms with van der Waals surface area (Å²) in [6, 6.07) is 0. The van der Waals surface area contributed by atoms with Crippen LogP contribution in [0.3, 0.4) is 0 Å². The molecule has 75 heavy (non-hydrogen) atoms. The minimum atomic E-state index is -0.798. The van der Waals surface area contributed by atoms with Crippen LogP contribution in [0.4, 0.5) is 0 Å². The van der Waals surface area contributed by atoms with Crippen LogP contribution in [0.5, 0.6) is 0 Å². The van der Waals surface area contributed by atoms with Gasteiger partial charge in [0.15, 0.2) is 6.10 Å². The molecule has 6 nitrogen and oxygen atoms in total. The molecule has 0 N–H and O–H groups in total. The first-order chi connectivity index (χ1) is 37.0. The molecule has 0 amide bonds. The number of carbonyl (C=O) groups is 3. The Hall–Kier alpha value is -3.15. The third-order valence-electron chi connectivity index (χ3n) is 14.2. The summed E-state index contributed by atoms with van der Waals surface area (Å²) in [5.41, 5.74) is 0. The molecule has 0 aliphatic carbocycles. The van der Waals surface area contributed by atoms with Crippen molar-refractivity contribution in [2.45, 2.75) is 335 Å². The number of hydrogen-bond acceptors (Lipinski definition) is 6. The van der Waals surface area contributed by atoms with Crippen molar-refractivity contribution in [3.63, 3.8) is 0 Å². The zero-order valence-corrected chi connectivity index (χ0v) is 49.8. The molecule has 0 aromatic heterocycles. The van der Waals surface area contributed by atoms with Crippen LogP contribution in [-0.4, -0.2) is 37.2 Å². The molecular weight excluding hydrogens is 925 g/mol. The molecule has 0 bridgehead atoms. The van der Waals surface area contributed by atoms with Gasteiger partial charge in [0.25, 0.3) is 0 Å². The summed E-state index contributed by atoms with van der Waals surface area (Å²) < 4.78 is 16.9. The number of esters is 3. The minimum absolute atomic E-state index is 0.0908. The lowest BCUT2D eigenvalue weighted by Crippen LogP contribution is -2.30. The van der Waals surface area contributed by atoms with Crippen molar-refractivity contribution in [1.82, 2.24) is 0 Å². The topological polar surface area (TPSA) is 78.9 Å². The Morgan fingerprint density at radius 1 is 0.280 bits per heavy atom. The zero-order valence-electron chi connectivity index (χ0n) is 49.8. The summed E-state index contributed by atoms with van der Waals surface area (Å²) in [4.78, 5) is 38.3. The molecule has 0 heterocycles. The van der Waals surface area contributed by atoms with Crippen molar-refractivity contribution < 1.29 is 28.6 Å². The summed E-state index contributed by atoms with van der Waals surface area (Å²) in [7, 11) is 0. The SMILES string of the molecule is CC/C=C\C/C=C\C/C=C\C/C=C\CCCCC(=O)OC(COC(=O)CCCCCCCCCCCCC/C=C\CCCCCCCC)COC(=O)CCCCCCCCCCCCC/C=C\CCCCCCCC. The van der Waals surface area contributed by atoms with Crippen LogP contribution in [0, 0.1) is 0 Å². The molecule has 0 unspecified atom stereocenters. The van der Waals surface area contributed by atoms with Gasteiger partial charge in [0.2, 0.25) is 0 Å². The molecule has 0 spiro atoms. The van der Waals surface area contributed by atoms with E-state index < -0.39 is 6.10 Å². The molecule has 0 fully saturated rings. The van der Waals surface area contributed by atoms with Crippen molar-refractivity contribution in [2.75, 3.05) is 13.2 Å². The van der Waals surface area contributed by atoms with E-state index in [1.807, 2.05) is 0 Å². The van der Waals surface area contributed by atoms with Gasteiger partial charge in [-0.05, 0) is 109 Å². The Kier molecular flexibility index (Phi) is 60.7. The first kappa shape index (κ1) is 71.8. The lowest BCUT2D eigenvalue weighted by Gasteiger charge is -2.18. The van der Waals surface area contributed by atoms with Gasteiger partial charge in [-0.1, -0.05) is 273 Å². The largest absolute Gasteiger partial charge is 0.462 e. The standard InChI is InChI=1S/C69H122O6/c1-4-7-10-13-16-19-22-25-28-30-32-34-36-38-41-43-46-49-52-55-58-61-67(70)73-64-66(75-69(72)63-60-57-54-51-48-45-40-27-24-21-18-15-12-9-6-3)65-74-68(71)62-59-56-53-50-47-44-42-39-37-35-33-31-29-26-23-20-17-14-11-8-5-2/h9,12,18,21,25-29,40,48,51,66H,4-8,10-11,13-17,19-20,22-24,30-39,41-47,49-50,52-65H2,1-3H3/b12-9-,21-18-,28-25-,29-26-,40-27-,51-48-. The lowest BCUT2D eigenvalue weighted by molar-refractivity contribution is -0.167. The van der Waals surface area contributed by atoms with E-state index in [-0.39, 0.29) is 37.5 Å². The highest BCUT2D eigenvalue weighted by Crippen LogP contribution is 2.17. The average molecular weight is 1050 g/mol. The van der Waals surface area contributed by atoms with Crippen molar-refractivity contribution in [3.05, 3.63) is 72.9 Å². The first-order valence-electron chi connectivity index (χ1n) is 32.4. The Labute approximate surface area is 465 Å². The maximum atomic E-state index is 12.9. The minimum Gasteiger partial charge on any atom is -0.462 e. The maximum Gasteiger partial charge on any atom is 0.306 e. The van der Waals surface area contributed by atoms with Gasteiger partial charge in [-0.2, -0.15) is 0 Å². The quantitative estimate of drug-likeness (QED) is 0.0261. The highest BCUT2D eigenvalue weighted by molar-refractivity contribution is 5.71. The van der Waals surface area contributed by atoms with E-state index in [4.69, 9.17) is 14.2 Å². The Morgan fingerprint density at radius 3 is 0.853 bits per heavy atom. The monoisotopic (exact) mass is 1050 g/mol. The predicted molar refractivity (Wildman–Crippen MR) is 325 cm³/mol. The Bertz CT molecular complexity index is 1320. The van der Waals surface area contributed by atoms with E-state index in [9.17, 15) is 14.4 Å². The third-order valence-corrected chi connectivity index (χ3v) is 14.2. The van der Waals surface area contributed by atoms with Crippen LogP contribution in [-0.2, 0) is 28.6 Å². The van der Waals surface area contributed by atoms with Crippen molar-refractivity contribution in [3.8, 4) is 0 Å². The van der Waals surface area contributed by atoms with Crippen LogP contribution >= 0.6 is 0 Å². The Morgan fingerprint density at radius 2 is 0.520 bits per heavy atom. The molecule has 0 rings (SSSR count). The van der Waals surface area contributed by atoms with Crippen LogP contribution in [0.2, 0.25) is 0 Å². The Balaban J connectivity index is 4.35. The molecule has 0 radical (unpaired) electrons. The predicted octanol–water partition coefficient (Wildman–Crippen LogP) is 22.1. The molecule has 434 valence electrons. The number of hydrogen-bond donors (Lipinski definition) is 0. The van der Waals surface area contributed by atoms with Crippen molar-refractivity contribution >= 4 is 17.9 Å². The molecule has 0 saturated carbocycles. The van der Waals surface area contributed by atoms with Crippen LogP contribution in [0.1, 0.15) is 329 Å². The normalized spacial score (nSPS) is 12.2. The molecule has 0 aliphatic heterocycles. The number of carbonyl (C=O) groups excluding carboxylic acids is 3. The first-order valence-corrected chi connectivity index (χ1v) is 32.4. The third kappa shape index (κ3) is 61.6. The van der Waals surface area contributed by atoms with Gasteiger partial charge in [0, 0.05) is 19.3 Å². The van der Waals surface area contributed by atoms with E-state index in [2.05, 4.69) is 93.7 Å². The summed E-state index contributed by atoms with van der Waals surface area (Å²) in [5.74, 6) is -0.919. The number of unbranched alkanes of at least 4 members (excludes halogenated alkanes) is 36. The average Bonchev–Trinajstić information content (AvgIpc) is 3.41. The second-order valence-electron chi connectivity index (χ2n) is 21.6. The molecule has 6 heteroatoms.